The van der Waals surface area contributed by atoms with E-state index < -0.39 is 0 Å². The molecule has 3 aromatic rings. The highest BCUT2D eigenvalue weighted by molar-refractivity contribution is 5.86. The Labute approximate surface area is 152 Å². The summed E-state index contributed by atoms with van der Waals surface area (Å²) in [5, 5.41) is 5.37. The number of benzene rings is 3. The number of fused-ring (bicyclic) bond motifs is 2. The molecule has 1 N–H and O–H groups in total. The summed E-state index contributed by atoms with van der Waals surface area (Å²) in [5.41, 5.74) is 1.20. The molecular weight excluding hydrogens is 326 g/mol. The van der Waals surface area contributed by atoms with Crippen LogP contribution in [-0.2, 0) is 11.2 Å². The van der Waals surface area contributed by atoms with Crippen molar-refractivity contribution in [3.05, 3.63) is 72.3 Å². The van der Waals surface area contributed by atoms with Gasteiger partial charge in [-0.3, -0.25) is 4.79 Å². The van der Waals surface area contributed by atoms with Crippen molar-refractivity contribution in [3.63, 3.8) is 0 Å². The maximum absolute atomic E-state index is 12.2. The lowest BCUT2D eigenvalue weighted by molar-refractivity contribution is -0.121. The van der Waals surface area contributed by atoms with Crippen molar-refractivity contribution in [2.75, 3.05) is 13.2 Å². The number of para-hydroxylation sites is 2. The van der Waals surface area contributed by atoms with Crippen LogP contribution >= 0.6 is 0 Å². The van der Waals surface area contributed by atoms with Crippen molar-refractivity contribution in [2.45, 2.75) is 18.9 Å². The van der Waals surface area contributed by atoms with Gasteiger partial charge in [-0.15, -0.1) is 0 Å². The van der Waals surface area contributed by atoms with Gasteiger partial charge >= 0.3 is 0 Å². The summed E-state index contributed by atoms with van der Waals surface area (Å²) in [7, 11) is 0. The Hall–Kier alpha value is -3.01. The van der Waals surface area contributed by atoms with Gasteiger partial charge in [0.25, 0.3) is 0 Å². The first-order valence-corrected chi connectivity index (χ1v) is 8.91. The second-order valence-corrected chi connectivity index (χ2v) is 6.44. The van der Waals surface area contributed by atoms with E-state index in [-0.39, 0.29) is 12.0 Å². The third-order valence-electron chi connectivity index (χ3n) is 4.60. The van der Waals surface area contributed by atoms with Crippen molar-refractivity contribution >= 4 is 16.7 Å². The standard InChI is InChI=1S/C22H21NO3/c24-22(13-12-17-8-5-7-16-6-1-2-9-19(16)17)23-14-18-15-25-20-10-3-4-11-21(20)26-18/h1-11,18H,12-15H2,(H,23,24)/t18-/m0/s1. The van der Waals surface area contributed by atoms with Gasteiger partial charge in [0.2, 0.25) is 5.91 Å². The molecule has 4 heteroatoms. The number of ether oxygens (including phenoxy) is 2. The molecule has 0 aliphatic carbocycles. The summed E-state index contributed by atoms with van der Waals surface area (Å²) >= 11 is 0. The Morgan fingerprint density at radius 2 is 1.73 bits per heavy atom. The Bertz CT molecular complexity index is 917. The topological polar surface area (TPSA) is 47.6 Å². The molecule has 1 heterocycles. The smallest absolute Gasteiger partial charge is 0.220 e. The van der Waals surface area contributed by atoms with Crippen LogP contribution in [0.5, 0.6) is 11.5 Å². The van der Waals surface area contributed by atoms with E-state index in [1.54, 1.807) is 0 Å². The van der Waals surface area contributed by atoms with Crippen molar-refractivity contribution in [2.24, 2.45) is 0 Å². The number of carbonyl (C=O) groups is 1. The molecule has 0 spiro atoms. The van der Waals surface area contributed by atoms with E-state index in [1.807, 2.05) is 42.5 Å². The molecule has 4 rings (SSSR count). The van der Waals surface area contributed by atoms with Gasteiger partial charge in [-0.2, -0.15) is 0 Å². The van der Waals surface area contributed by atoms with Crippen LogP contribution in [0.4, 0.5) is 0 Å². The molecule has 0 bridgehead atoms. The molecule has 0 aromatic heterocycles. The normalized spacial score (nSPS) is 15.6. The highest BCUT2D eigenvalue weighted by Crippen LogP contribution is 2.30. The first-order chi connectivity index (χ1) is 12.8. The summed E-state index contributed by atoms with van der Waals surface area (Å²) in [6.07, 6.45) is 1.02. The highest BCUT2D eigenvalue weighted by Gasteiger charge is 2.20. The fourth-order valence-electron chi connectivity index (χ4n) is 3.24. The molecule has 0 radical (unpaired) electrons. The van der Waals surface area contributed by atoms with Crippen LogP contribution in [0.3, 0.4) is 0 Å². The van der Waals surface area contributed by atoms with E-state index in [2.05, 4.69) is 29.6 Å². The first kappa shape index (κ1) is 16.5. The molecule has 0 saturated carbocycles. The Balaban J connectivity index is 1.30. The molecule has 0 unspecified atom stereocenters. The Morgan fingerprint density at radius 1 is 0.962 bits per heavy atom. The van der Waals surface area contributed by atoms with E-state index in [4.69, 9.17) is 9.47 Å². The highest BCUT2D eigenvalue weighted by atomic mass is 16.6. The average molecular weight is 347 g/mol. The minimum atomic E-state index is -0.161. The van der Waals surface area contributed by atoms with Crippen LogP contribution in [0.1, 0.15) is 12.0 Å². The number of rotatable bonds is 5. The van der Waals surface area contributed by atoms with Crippen molar-refractivity contribution in [3.8, 4) is 11.5 Å². The fraction of sp³-hybridized carbons (Fsp3) is 0.227. The van der Waals surface area contributed by atoms with Crippen LogP contribution in [0, 0.1) is 0 Å². The van der Waals surface area contributed by atoms with E-state index in [9.17, 15) is 4.79 Å². The van der Waals surface area contributed by atoms with Gasteiger partial charge in [-0.25, -0.2) is 0 Å². The van der Waals surface area contributed by atoms with E-state index in [0.717, 1.165) is 17.9 Å². The monoisotopic (exact) mass is 347 g/mol. The number of nitrogens with one attached hydrogen (secondary N) is 1. The minimum absolute atomic E-state index is 0.0281. The van der Waals surface area contributed by atoms with E-state index in [0.29, 0.717) is 19.6 Å². The summed E-state index contributed by atoms with van der Waals surface area (Å²) in [6, 6.07) is 22.1. The molecule has 132 valence electrons. The minimum Gasteiger partial charge on any atom is -0.486 e. The number of carbonyl (C=O) groups excluding carboxylic acids is 1. The van der Waals surface area contributed by atoms with Crippen molar-refractivity contribution in [1.82, 2.24) is 5.32 Å². The molecule has 3 aromatic carbocycles. The second kappa shape index (κ2) is 7.48. The lowest BCUT2D eigenvalue weighted by atomic mass is 10.0. The molecule has 26 heavy (non-hydrogen) atoms. The zero-order chi connectivity index (χ0) is 17.8. The third kappa shape index (κ3) is 3.64. The molecule has 1 aliphatic rings. The predicted octanol–water partition coefficient (Wildman–Crippen LogP) is 3.73. The van der Waals surface area contributed by atoms with E-state index >= 15 is 0 Å². The van der Waals surface area contributed by atoms with Gasteiger partial charge in [0.1, 0.15) is 12.7 Å². The van der Waals surface area contributed by atoms with Crippen LogP contribution in [0.25, 0.3) is 10.8 Å². The molecule has 1 atom stereocenters. The second-order valence-electron chi connectivity index (χ2n) is 6.44. The SMILES string of the molecule is O=C(CCc1cccc2ccccc12)NC[C@H]1COc2ccccc2O1. The molecule has 1 amide bonds. The van der Waals surface area contributed by atoms with Crippen molar-refractivity contribution in [1.29, 1.82) is 0 Å². The molecule has 1 aliphatic heterocycles. The maximum Gasteiger partial charge on any atom is 0.220 e. The largest absolute Gasteiger partial charge is 0.486 e. The van der Waals surface area contributed by atoms with E-state index in [1.165, 1.54) is 16.3 Å². The lowest BCUT2D eigenvalue weighted by Crippen LogP contribution is -2.40. The van der Waals surface area contributed by atoms with Crippen LogP contribution in [0.15, 0.2) is 66.7 Å². The van der Waals surface area contributed by atoms with Gasteiger partial charge in [0.05, 0.1) is 6.54 Å². The van der Waals surface area contributed by atoms with Crippen molar-refractivity contribution < 1.29 is 14.3 Å². The first-order valence-electron chi connectivity index (χ1n) is 8.91. The zero-order valence-electron chi connectivity index (χ0n) is 14.5. The average Bonchev–Trinajstić information content (AvgIpc) is 2.70. The lowest BCUT2D eigenvalue weighted by Gasteiger charge is -2.26. The predicted molar refractivity (Wildman–Crippen MR) is 102 cm³/mol. The van der Waals surface area contributed by atoms with Gasteiger partial charge in [-0.1, -0.05) is 54.6 Å². The summed E-state index contributed by atoms with van der Waals surface area (Å²) < 4.78 is 11.5. The van der Waals surface area contributed by atoms with Gasteiger partial charge in [0.15, 0.2) is 11.5 Å². The zero-order valence-corrected chi connectivity index (χ0v) is 14.5. The molecule has 0 saturated heterocycles. The van der Waals surface area contributed by atoms with Crippen LogP contribution in [-0.4, -0.2) is 25.2 Å². The van der Waals surface area contributed by atoms with Crippen LogP contribution in [0.2, 0.25) is 0 Å². The third-order valence-corrected chi connectivity index (χ3v) is 4.60. The summed E-state index contributed by atoms with van der Waals surface area (Å²) in [6.45, 7) is 0.892. The molecule has 0 fully saturated rings. The maximum atomic E-state index is 12.2. The van der Waals surface area contributed by atoms with Gasteiger partial charge in [-0.05, 0) is 34.9 Å². The summed E-state index contributed by atoms with van der Waals surface area (Å²) in [4.78, 5) is 12.2. The number of hydrogen-bond acceptors (Lipinski definition) is 3. The fourth-order valence-corrected chi connectivity index (χ4v) is 3.24. The number of aryl methyl sites for hydroxylation is 1. The van der Waals surface area contributed by atoms with Crippen LogP contribution < -0.4 is 14.8 Å². The molecule has 4 nitrogen and oxygen atoms in total. The van der Waals surface area contributed by atoms with Gasteiger partial charge < -0.3 is 14.8 Å². The Kier molecular flexibility index (Phi) is 4.73. The Morgan fingerprint density at radius 3 is 2.65 bits per heavy atom. The number of hydrogen-bond donors (Lipinski definition) is 1. The molecular formula is C22H21NO3. The summed E-state index contributed by atoms with van der Waals surface area (Å²) in [5.74, 6) is 1.51. The number of amides is 1. The quantitative estimate of drug-likeness (QED) is 0.765. The van der Waals surface area contributed by atoms with Gasteiger partial charge in [0, 0.05) is 6.42 Å².